The Hall–Kier alpha value is -1.24. The molecule has 16 heavy (non-hydrogen) atoms. The normalized spacial score (nSPS) is 31.0. The minimum Gasteiger partial charge on any atom is -0.211 e. The van der Waals surface area contributed by atoms with Gasteiger partial charge >= 0.3 is 0 Å². The lowest BCUT2D eigenvalue weighted by atomic mass is 9.69. The fourth-order valence-corrected chi connectivity index (χ4v) is 2.60. The Morgan fingerprint density at radius 3 is 2.38 bits per heavy atom. The van der Waals surface area contributed by atoms with Crippen LogP contribution in [0, 0.1) is 5.41 Å². The van der Waals surface area contributed by atoms with Crippen molar-refractivity contribution in [3.05, 3.63) is 0 Å². The van der Waals surface area contributed by atoms with Crippen molar-refractivity contribution in [2.24, 2.45) is 15.4 Å². The minimum absolute atomic E-state index is 0.0474. The van der Waals surface area contributed by atoms with Gasteiger partial charge in [0.1, 0.15) is 0 Å². The molecule has 1 fully saturated rings. The van der Waals surface area contributed by atoms with Gasteiger partial charge in [0.25, 0.3) is 0 Å². The SMILES string of the molecule is CCC(N=C=O)C1(C)CCC(N=C=O)CC1. The molecule has 1 aliphatic rings. The highest BCUT2D eigenvalue weighted by atomic mass is 16.1. The molecule has 1 aliphatic carbocycles. The van der Waals surface area contributed by atoms with Crippen LogP contribution >= 0.6 is 0 Å². The molecule has 0 aromatic rings. The first-order valence-corrected chi connectivity index (χ1v) is 5.80. The van der Waals surface area contributed by atoms with E-state index in [-0.39, 0.29) is 17.5 Å². The summed E-state index contributed by atoms with van der Waals surface area (Å²) in [5.41, 5.74) is 0.0566. The van der Waals surface area contributed by atoms with Crippen LogP contribution in [-0.2, 0) is 9.59 Å². The van der Waals surface area contributed by atoms with Gasteiger partial charge in [0.05, 0.1) is 12.1 Å². The molecule has 0 bridgehead atoms. The van der Waals surface area contributed by atoms with Crippen molar-refractivity contribution in [3.8, 4) is 0 Å². The third kappa shape index (κ3) is 2.88. The number of isocyanates is 2. The van der Waals surface area contributed by atoms with Crippen molar-refractivity contribution in [1.29, 1.82) is 0 Å². The van der Waals surface area contributed by atoms with Gasteiger partial charge in [-0.05, 0) is 37.5 Å². The van der Waals surface area contributed by atoms with E-state index in [0.29, 0.717) is 0 Å². The third-order valence-electron chi connectivity index (χ3n) is 3.73. The second kappa shape index (κ2) is 5.74. The largest absolute Gasteiger partial charge is 0.235 e. The molecule has 0 N–H and O–H groups in total. The van der Waals surface area contributed by atoms with E-state index >= 15 is 0 Å². The predicted octanol–water partition coefficient (Wildman–Crippen LogP) is 2.39. The van der Waals surface area contributed by atoms with Gasteiger partial charge in [-0.1, -0.05) is 13.8 Å². The van der Waals surface area contributed by atoms with Gasteiger partial charge in [0, 0.05) is 0 Å². The summed E-state index contributed by atoms with van der Waals surface area (Å²) in [4.78, 5) is 28.2. The van der Waals surface area contributed by atoms with Crippen LogP contribution in [0.1, 0.15) is 46.0 Å². The molecule has 0 aromatic carbocycles. The molecule has 4 nitrogen and oxygen atoms in total. The molecule has 1 atom stereocenters. The number of aliphatic imine (C=N–C) groups is 2. The minimum atomic E-state index is 0.0474. The van der Waals surface area contributed by atoms with Crippen molar-refractivity contribution in [1.82, 2.24) is 0 Å². The molecular weight excluding hydrogens is 204 g/mol. The molecule has 1 rings (SSSR count). The maximum absolute atomic E-state index is 10.4. The zero-order valence-electron chi connectivity index (χ0n) is 9.90. The molecule has 1 unspecified atom stereocenters. The zero-order chi connectivity index (χ0) is 12.0. The Kier molecular flexibility index (Phi) is 4.60. The van der Waals surface area contributed by atoms with E-state index in [1.54, 1.807) is 12.2 Å². The van der Waals surface area contributed by atoms with Gasteiger partial charge in [-0.25, -0.2) is 19.6 Å². The second-order valence-corrected chi connectivity index (χ2v) is 4.75. The number of nitrogens with zero attached hydrogens (tertiary/aromatic N) is 2. The Labute approximate surface area is 95.9 Å². The fraction of sp³-hybridized carbons (Fsp3) is 0.833. The van der Waals surface area contributed by atoms with Crippen molar-refractivity contribution < 1.29 is 9.59 Å². The van der Waals surface area contributed by atoms with Crippen molar-refractivity contribution in [2.45, 2.75) is 58.0 Å². The van der Waals surface area contributed by atoms with Gasteiger partial charge < -0.3 is 0 Å². The molecule has 4 heteroatoms. The van der Waals surface area contributed by atoms with Crippen LogP contribution in [0.15, 0.2) is 9.98 Å². The highest BCUT2D eigenvalue weighted by molar-refractivity contribution is 5.34. The fourth-order valence-electron chi connectivity index (χ4n) is 2.60. The van der Waals surface area contributed by atoms with Crippen LogP contribution in [-0.4, -0.2) is 24.2 Å². The summed E-state index contributed by atoms with van der Waals surface area (Å²) in [5, 5.41) is 0. The third-order valence-corrected chi connectivity index (χ3v) is 3.73. The van der Waals surface area contributed by atoms with Gasteiger partial charge in [-0.2, -0.15) is 0 Å². The summed E-state index contributed by atoms with van der Waals surface area (Å²) < 4.78 is 0. The van der Waals surface area contributed by atoms with Crippen LogP contribution < -0.4 is 0 Å². The smallest absolute Gasteiger partial charge is 0.211 e. The lowest BCUT2D eigenvalue weighted by molar-refractivity contribution is 0.156. The molecule has 0 amide bonds. The highest BCUT2D eigenvalue weighted by Gasteiger charge is 2.37. The molecule has 0 aliphatic heterocycles. The maximum atomic E-state index is 10.4. The molecule has 0 heterocycles. The van der Waals surface area contributed by atoms with Crippen LogP contribution in [0.25, 0.3) is 0 Å². The second-order valence-electron chi connectivity index (χ2n) is 4.75. The number of hydrogen-bond acceptors (Lipinski definition) is 4. The Morgan fingerprint density at radius 1 is 1.31 bits per heavy atom. The number of rotatable bonds is 4. The summed E-state index contributed by atoms with van der Waals surface area (Å²) in [5.74, 6) is 0. The predicted molar refractivity (Wildman–Crippen MR) is 60.7 cm³/mol. The van der Waals surface area contributed by atoms with Gasteiger partial charge in [0.2, 0.25) is 12.2 Å². The van der Waals surface area contributed by atoms with Crippen molar-refractivity contribution >= 4 is 12.2 Å². The molecule has 0 saturated heterocycles. The molecule has 0 radical (unpaired) electrons. The first-order valence-electron chi connectivity index (χ1n) is 5.80. The summed E-state index contributed by atoms with van der Waals surface area (Å²) in [6, 6.07) is 0.162. The van der Waals surface area contributed by atoms with E-state index < -0.39 is 0 Å². The van der Waals surface area contributed by atoms with Crippen LogP contribution in [0.4, 0.5) is 0 Å². The lowest BCUT2D eigenvalue weighted by Gasteiger charge is -2.39. The monoisotopic (exact) mass is 222 g/mol. The Morgan fingerprint density at radius 2 is 1.94 bits per heavy atom. The van der Waals surface area contributed by atoms with Crippen LogP contribution in [0.5, 0.6) is 0 Å². The van der Waals surface area contributed by atoms with Gasteiger partial charge in [-0.15, -0.1) is 0 Å². The quantitative estimate of drug-likeness (QED) is 0.541. The summed E-state index contributed by atoms with van der Waals surface area (Å²) in [7, 11) is 0. The Bertz CT molecular complexity index is 320. The van der Waals surface area contributed by atoms with Crippen molar-refractivity contribution in [3.63, 3.8) is 0 Å². The van der Waals surface area contributed by atoms with E-state index in [4.69, 9.17) is 0 Å². The van der Waals surface area contributed by atoms with Crippen molar-refractivity contribution in [2.75, 3.05) is 0 Å². The number of carbonyl (C=O) groups excluding carboxylic acids is 2. The Balaban J connectivity index is 2.67. The molecule has 0 aromatic heterocycles. The standard InChI is InChI=1S/C12H18N2O2/c1-3-11(14-9-16)12(2)6-4-10(5-7-12)13-8-15/h10-11H,3-7H2,1-2H3. The van der Waals surface area contributed by atoms with Gasteiger partial charge in [-0.3, -0.25) is 0 Å². The van der Waals surface area contributed by atoms with E-state index in [2.05, 4.69) is 16.9 Å². The maximum Gasteiger partial charge on any atom is 0.235 e. The van der Waals surface area contributed by atoms with E-state index in [0.717, 1.165) is 32.1 Å². The molecule has 0 spiro atoms. The van der Waals surface area contributed by atoms with Crippen LogP contribution in [0.2, 0.25) is 0 Å². The summed E-state index contributed by atoms with van der Waals surface area (Å²) in [6.45, 7) is 4.19. The average Bonchev–Trinajstić information content (AvgIpc) is 2.29. The average molecular weight is 222 g/mol. The van der Waals surface area contributed by atoms with E-state index in [9.17, 15) is 9.59 Å². The van der Waals surface area contributed by atoms with Crippen LogP contribution in [0.3, 0.4) is 0 Å². The lowest BCUT2D eigenvalue weighted by Crippen LogP contribution is -2.35. The summed E-state index contributed by atoms with van der Waals surface area (Å²) in [6.07, 6.45) is 7.82. The molecule has 88 valence electrons. The zero-order valence-corrected chi connectivity index (χ0v) is 9.90. The summed E-state index contributed by atoms with van der Waals surface area (Å²) >= 11 is 0. The topological polar surface area (TPSA) is 58.9 Å². The van der Waals surface area contributed by atoms with E-state index in [1.807, 2.05) is 6.92 Å². The highest BCUT2D eigenvalue weighted by Crippen LogP contribution is 2.41. The molecular formula is C12H18N2O2. The first-order chi connectivity index (χ1) is 7.66. The molecule has 1 saturated carbocycles. The van der Waals surface area contributed by atoms with Gasteiger partial charge in [0.15, 0.2) is 0 Å². The van der Waals surface area contributed by atoms with E-state index in [1.165, 1.54) is 0 Å². The number of hydrogen-bond donors (Lipinski definition) is 0. The first kappa shape index (κ1) is 12.8.